The van der Waals surface area contributed by atoms with E-state index >= 15 is 0 Å². The summed E-state index contributed by atoms with van der Waals surface area (Å²) in [4.78, 5) is 12.8. The SMILES string of the molecule is CCCOc1cccc(C(=O)Oc2ccc3c(c2)OC(N)=C(C#N)C3c2ccc(OCc3ccccc3F)cc2)c1. The molecule has 7 nitrogen and oxygen atoms in total. The van der Waals surface area contributed by atoms with Crippen LogP contribution in [0.3, 0.4) is 0 Å². The van der Waals surface area contributed by atoms with Gasteiger partial charge in [0.1, 0.15) is 47.1 Å². The van der Waals surface area contributed by atoms with Crippen LogP contribution >= 0.6 is 0 Å². The van der Waals surface area contributed by atoms with Gasteiger partial charge < -0.3 is 24.7 Å². The molecule has 5 rings (SSSR count). The van der Waals surface area contributed by atoms with Crippen LogP contribution in [0, 0.1) is 17.1 Å². The zero-order chi connectivity index (χ0) is 28.8. The Kier molecular flexibility index (Phi) is 8.16. The van der Waals surface area contributed by atoms with Gasteiger partial charge in [0.05, 0.1) is 18.1 Å². The van der Waals surface area contributed by atoms with Crippen molar-refractivity contribution in [1.29, 1.82) is 5.26 Å². The van der Waals surface area contributed by atoms with Gasteiger partial charge in [0.15, 0.2) is 0 Å². The van der Waals surface area contributed by atoms with E-state index in [1.807, 2.05) is 19.1 Å². The highest BCUT2D eigenvalue weighted by atomic mass is 19.1. The lowest BCUT2D eigenvalue weighted by molar-refractivity contribution is 0.0734. The van der Waals surface area contributed by atoms with E-state index in [1.54, 1.807) is 72.8 Å². The molecule has 4 aromatic rings. The van der Waals surface area contributed by atoms with E-state index < -0.39 is 11.9 Å². The van der Waals surface area contributed by atoms with Crippen molar-refractivity contribution in [2.45, 2.75) is 25.9 Å². The first kappa shape index (κ1) is 27.3. The zero-order valence-corrected chi connectivity index (χ0v) is 22.3. The van der Waals surface area contributed by atoms with E-state index in [0.717, 1.165) is 12.0 Å². The molecule has 1 heterocycles. The van der Waals surface area contributed by atoms with E-state index in [4.69, 9.17) is 24.7 Å². The molecule has 0 saturated heterocycles. The predicted octanol–water partition coefficient (Wildman–Crippen LogP) is 6.63. The van der Waals surface area contributed by atoms with Crippen LogP contribution in [0.1, 0.15) is 46.3 Å². The molecule has 2 N–H and O–H groups in total. The first-order valence-corrected chi connectivity index (χ1v) is 13.1. The molecule has 1 aliphatic rings. The number of halogens is 1. The van der Waals surface area contributed by atoms with Gasteiger partial charge >= 0.3 is 5.97 Å². The summed E-state index contributed by atoms with van der Waals surface area (Å²) >= 11 is 0. The van der Waals surface area contributed by atoms with Crippen LogP contribution in [0.4, 0.5) is 4.39 Å². The molecule has 4 aromatic carbocycles. The minimum absolute atomic E-state index is 0.0332. The van der Waals surface area contributed by atoms with Gasteiger partial charge in [-0.15, -0.1) is 0 Å². The maximum atomic E-state index is 13.9. The number of ether oxygens (including phenoxy) is 4. The molecule has 1 atom stereocenters. The minimum Gasteiger partial charge on any atom is -0.494 e. The van der Waals surface area contributed by atoms with Gasteiger partial charge in [-0.2, -0.15) is 5.26 Å². The monoisotopic (exact) mass is 550 g/mol. The Labute approximate surface area is 237 Å². The third-order valence-corrected chi connectivity index (χ3v) is 6.51. The molecule has 0 bridgehead atoms. The summed E-state index contributed by atoms with van der Waals surface area (Å²) in [5.74, 6) is 0.340. The minimum atomic E-state index is -0.550. The Hall–Kier alpha value is -5.29. The van der Waals surface area contributed by atoms with Gasteiger partial charge in [-0.05, 0) is 54.4 Å². The largest absolute Gasteiger partial charge is 0.494 e. The number of hydrogen-bond donors (Lipinski definition) is 1. The maximum Gasteiger partial charge on any atom is 0.343 e. The fourth-order valence-electron chi connectivity index (χ4n) is 4.47. The van der Waals surface area contributed by atoms with E-state index in [-0.39, 0.29) is 29.6 Å². The fourth-order valence-corrected chi connectivity index (χ4v) is 4.47. The van der Waals surface area contributed by atoms with Gasteiger partial charge in [0, 0.05) is 17.2 Å². The smallest absolute Gasteiger partial charge is 0.343 e. The average molecular weight is 551 g/mol. The van der Waals surface area contributed by atoms with Crippen LogP contribution in [0.2, 0.25) is 0 Å². The molecule has 0 amide bonds. The first-order chi connectivity index (χ1) is 20.0. The molecular formula is C33H27FN2O5. The van der Waals surface area contributed by atoms with Crippen molar-refractivity contribution in [3.05, 3.63) is 131 Å². The summed E-state index contributed by atoms with van der Waals surface area (Å²) in [6.45, 7) is 2.63. The Balaban J connectivity index is 1.35. The molecule has 0 fully saturated rings. The van der Waals surface area contributed by atoms with Gasteiger partial charge in [-0.1, -0.05) is 49.4 Å². The lowest BCUT2D eigenvalue weighted by Gasteiger charge is -2.26. The van der Waals surface area contributed by atoms with Crippen molar-refractivity contribution >= 4 is 5.97 Å². The third kappa shape index (κ3) is 6.15. The standard InChI is InChI=1S/C33H27FN2O5/c1-2-16-38-25-8-5-7-22(17-25)33(37)40-26-14-15-27-30(18-26)41-32(36)28(19-35)31(27)21-10-12-24(13-11-21)39-20-23-6-3-4-9-29(23)34/h3-15,17-18,31H,2,16,20,36H2,1H3. The van der Waals surface area contributed by atoms with Crippen molar-refractivity contribution in [3.8, 4) is 29.1 Å². The number of carbonyl (C=O) groups excluding carboxylic acids is 1. The van der Waals surface area contributed by atoms with E-state index in [0.29, 0.717) is 40.5 Å². The summed E-state index contributed by atoms with van der Waals surface area (Å²) in [6.07, 6.45) is 0.850. The lowest BCUT2D eigenvalue weighted by Crippen LogP contribution is -2.21. The van der Waals surface area contributed by atoms with Crippen molar-refractivity contribution < 1.29 is 28.1 Å². The molecule has 0 aromatic heterocycles. The molecule has 0 spiro atoms. The Bertz CT molecular complexity index is 1640. The molecule has 41 heavy (non-hydrogen) atoms. The topological polar surface area (TPSA) is 104 Å². The second-order valence-electron chi connectivity index (χ2n) is 9.34. The maximum absolute atomic E-state index is 13.9. The molecule has 0 aliphatic carbocycles. The number of esters is 1. The normalized spacial score (nSPS) is 13.9. The number of hydrogen-bond acceptors (Lipinski definition) is 7. The quantitative estimate of drug-likeness (QED) is 0.184. The Morgan fingerprint density at radius 3 is 2.49 bits per heavy atom. The van der Waals surface area contributed by atoms with E-state index in [9.17, 15) is 14.4 Å². The molecule has 8 heteroatoms. The molecule has 1 unspecified atom stereocenters. The van der Waals surface area contributed by atoms with Crippen LogP contribution in [0.25, 0.3) is 0 Å². The highest BCUT2D eigenvalue weighted by molar-refractivity contribution is 5.91. The zero-order valence-electron chi connectivity index (χ0n) is 22.3. The van der Waals surface area contributed by atoms with Crippen molar-refractivity contribution in [1.82, 2.24) is 0 Å². The van der Waals surface area contributed by atoms with Gasteiger partial charge in [0.2, 0.25) is 5.88 Å². The summed E-state index contributed by atoms with van der Waals surface area (Å²) < 4.78 is 36.7. The van der Waals surface area contributed by atoms with Gasteiger partial charge in [0.25, 0.3) is 0 Å². The average Bonchev–Trinajstić information content (AvgIpc) is 2.99. The molecule has 0 saturated carbocycles. The highest BCUT2D eigenvalue weighted by Crippen LogP contribution is 2.43. The second-order valence-corrected chi connectivity index (χ2v) is 9.34. The number of rotatable bonds is 9. The van der Waals surface area contributed by atoms with Gasteiger partial charge in [-0.25, -0.2) is 9.18 Å². The molecule has 0 radical (unpaired) electrons. The molecule has 206 valence electrons. The summed E-state index contributed by atoms with van der Waals surface area (Å²) in [5.41, 5.74) is 8.66. The van der Waals surface area contributed by atoms with Crippen LogP contribution in [-0.2, 0) is 6.61 Å². The summed E-state index contributed by atoms with van der Waals surface area (Å²) in [6, 6.07) is 27.5. The highest BCUT2D eigenvalue weighted by Gasteiger charge is 2.31. The number of benzene rings is 4. The van der Waals surface area contributed by atoms with Crippen LogP contribution in [0.5, 0.6) is 23.0 Å². The number of nitriles is 1. The van der Waals surface area contributed by atoms with Crippen LogP contribution in [-0.4, -0.2) is 12.6 Å². The molecular weight excluding hydrogens is 523 g/mol. The first-order valence-electron chi connectivity index (χ1n) is 13.1. The van der Waals surface area contributed by atoms with Crippen molar-refractivity contribution in [3.63, 3.8) is 0 Å². The number of carbonyl (C=O) groups is 1. The van der Waals surface area contributed by atoms with Crippen LogP contribution < -0.4 is 24.7 Å². The number of fused-ring (bicyclic) bond motifs is 1. The second kappa shape index (κ2) is 12.3. The van der Waals surface area contributed by atoms with Gasteiger partial charge in [-0.3, -0.25) is 0 Å². The predicted molar refractivity (Wildman–Crippen MR) is 150 cm³/mol. The fraction of sp³-hybridized carbons (Fsp3) is 0.152. The lowest BCUT2D eigenvalue weighted by atomic mass is 9.83. The number of allylic oxidation sites excluding steroid dienone is 1. The van der Waals surface area contributed by atoms with E-state index in [1.165, 1.54) is 6.07 Å². The Morgan fingerprint density at radius 1 is 0.951 bits per heavy atom. The summed E-state index contributed by atoms with van der Waals surface area (Å²) in [5, 5.41) is 9.88. The third-order valence-electron chi connectivity index (χ3n) is 6.51. The number of nitrogens with zero attached hydrogens (tertiary/aromatic N) is 1. The number of nitrogens with two attached hydrogens (primary N) is 1. The Morgan fingerprint density at radius 2 is 1.73 bits per heavy atom. The summed E-state index contributed by atoms with van der Waals surface area (Å²) in [7, 11) is 0. The van der Waals surface area contributed by atoms with Crippen molar-refractivity contribution in [2.24, 2.45) is 5.73 Å². The van der Waals surface area contributed by atoms with E-state index in [2.05, 4.69) is 6.07 Å². The van der Waals surface area contributed by atoms with Crippen molar-refractivity contribution in [2.75, 3.05) is 6.61 Å². The van der Waals surface area contributed by atoms with Crippen LogP contribution in [0.15, 0.2) is 102 Å². The molecule has 1 aliphatic heterocycles.